The number of aliphatic carboxylic acids is 1. The van der Waals surface area contributed by atoms with Crippen LogP contribution in [0.3, 0.4) is 0 Å². The van der Waals surface area contributed by atoms with Crippen molar-refractivity contribution in [3.63, 3.8) is 0 Å². The van der Waals surface area contributed by atoms with Gasteiger partial charge >= 0.3 is 5.97 Å². The van der Waals surface area contributed by atoms with E-state index in [-0.39, 0.29) is 22.6 Å². The predicted octanol–water partition coefficient (Wildman–Crippen LogP) is 0.537. The van der Waals surface area contributed by atoms with Crippen molar-refractivity contribution in [3.05, 3.63) is 46.7 Å². The quantitative estimate of drug-likeness (QED) is 0.347. The van der Waals surface area contributed by atoms with Gasteiger partial charge in [0.15, 0.2) is 0 Å². The lowest BCUT2D eigenvalue weighted by atomic mass is 10.0. The Morgan fingerprint density at radius 3 is 2.41 bits per heavy atom. The second kappa shape index (κ2) is 6.23. The van der Waals surface area contributed by atoms with Crippen LogP contribution in [-0.4, -0.2) is 69.1 Å². The van der Waals surface area contributed by atoms with E-state index in [2.05, 4.69) is 9.99 Å². The Morgan fingerprint density at radius 1 is 1.22 bits per heavy atom. The summed E-state index contributed by atoms with van der Waals surface area (Å²) in [5, 5.41) is 12.5. The fourth-order valence-electron chi connectivity index (χ4n) is 3.40. The smallest absolute Gasteiger partial charge is 0.353 e. The molecule has 0 unspecified atom stereocenters. The van der Waals surface area contributed by atoms with E-state index in [1.54, 1.807) is 12.1 Å². The Kier molecular flexibility index (Phi) is 3.99. The first-order valence-electron chi connectivity index (χ1n) is 7.92. The van der Waals surface area contributed by atoms with E-state index in [1.165, 1.54) is 37.2 Å². The number of oxime groups is 1. The van der Waals surface area contributed by atoms with Crippen LogP contribution in [0.25, 0.3) is 0 Å². The number of carboxylic acids is 1. The van der Waals surface area contributed by atoms with E-state index in [1.807, 2.05) is 0 Å². The lowest BCUT2D eigenvalue weighted by Gasteiger charge is -2.51. The largest absolute Gasteiger partial charge is 0.477 e. The van der Waals surface area contributed by atoms with Gasteiger partial charge in [-0.2, -0.15) is 0 Å². The number of rotatable bonds is 4. The standard InChI is InChI=1S/C17H13N3O6S/c1-26-18-6-8-7-27-16-12(15(23)20(16)11(8)17(24)25)19-13(21)9-4-2-3-5-10(9)14(19)22/h2-6,12,16H,7H2,1H3,(H,24,25)/t12-,16+/m1/s1. The fourth-order valence-corrected chi connectivity index (χ4v) is 4.74. The molecule has 0 bridgehead atoms. The first-order chi connectivity index (χ1) is 13.0. The zero-order valence-electron chi connectivity index (χ0n) is 14.0. The number of nitrogens with zero attached hydrogens (tertiary/aromatic N) is 3. The number of benzene rings is 1. The second-order valence-electron chi connectivity index (χ2n) is 5.98. The zero-order valence-corrected chi connectivity index (χ0v) is 14.8. The number of hydrogen-bond acceptors (Lipinski definition) is 7. The van der Waals surface area contributed by atoms with E-state index < -0.39 is 35.1 Å². The van der Waals surface area contributed by atoms with Crippen molar-refractivity contribution in [1.29, 1.82) is 0 Å². The highest BCUT2D eigenvalue weighted by molar-refractivity contribution is 8.00. The summed E-state index contributed by atoms with van der Waals surface area (Å²) in [5.41, 5.74) is 0.602. The third kappa shape index (κ3) is 2.36. The molecule has 3 aliphatic rings. The molecule has 1 aromatic carbocycles. The van der Waals surface area contributed by atoms with Crippen LogP contribution in [0, 0.1) is 0 Å². The number of carboxylic acid groups (broad SMARTS) is 1. The van der Waals surface area contributed by atoms with Crippen LogP contribution in [-0.2, 0) is 14.4 Å². The summed E-state index contributed by atoms with van der Waals surface area (Å²) in [6.07, 6.45) is 1.25. The number of carbonyl (C=O) groups excluding carboxylic acids is 3. The third-order valence-corrected chi connectivity index (χ3v) is 5.88. The highest BCUT2D eigenvalue weighted by Gasteiger charge is 2.59. The molecule has 3 amide bonds. The van der Waals surface area contributed by atoms with Gasteiger partial charge in [-0.25, -0.2) is 4.79 Å². The third-order valence-electron chi connectivity index (χ3n) is 4.59. The first-order valence-corrected chi connectivity index (χ1v) is 8.96. The van der Waals surface area contributed by atoms with E-state index in [0.717, 1.165) is 9.80 Å². The molecule has 0 saturated carbocycles. The van der Waals surface area contributed by atoms with Gasteiger partial charge in [0.1, 0.15) is 24.2 Å². The monoisotopic (exact) mass is 387 g/mol. The molecule has 0 spiro atoms. The minimum atomic E-state index is -1.29. The average Bonchev–Trinajstić information content (AvgIpc) is 2.91. The Hall–Kier alpha value is -3.14. The Morgan fingerprint density at radius 2 is 1.85 bits per heavy atom. The fraction of sp³-hybridized carbons (Fsp3) is 0.235. The molecule has 138 valence electrons. The van der Waals surface area contributed by atoms with Gasteiger partial charge in [0.05, 0.1) is 17.3 Å². The lowest BCUT2D eigenvalue weighted by Crippen LogP contribution is -2.71. The van der Waals surface area contributed by atoms with Gasteiger partial charge in [-0.3, -0.25) is 24.2 Å². The van der Waals surface area contributed by atoms with Crippen molar-refractivity contribution in [2.75, 3.05) is 12.9 Å². The molecule has 27 heavy (non-hydrogen) atoms. The van der Waals surface area contributed by atoms with Gasteiger partial charge in [-0.05, 0) is 12.1 Å². The van der Waals surface area contributed by atoms with Crippen LogP contribution in [0.1, 0.15) is 20.7 Å². The summed E-state index contributed by atoms with van der Waals surface area (Å²) < 4.78 is 0. The predicted molar refractivity (Wildman–Crippen MR) is 94.0 cm³/mol. The van der Waals surface area contributed by atoms with Crippen LogP contribution in [0.4, 0.5) is 0 Å². The molecule has 1 fully saturated rings. The molecule has 1 N–H and O–H groups in total. The maximum Gasteiger partial charge on any atom is 0.353 e. The van der Waals surface area contributed by atoms with Gasteiger partial charge < -0.3 is 9.94 Å². The summed E-state index contributed by atoms with van der Waals surface area (Å²) in [6, 6.07) is 5.32. The van der Waals surface area contributed by atoms with E-state index in [9.17, 15) is 24.3 Å². The molecule has 10 heteroatoms. The Bertz CT molecular complexity index is 921. The lowest BCUT2D eigenvalue weighted by molar-refractivity contribution is -0.151. The minimum absolute atomic E-state index is 0.211. The molecular weight excluding hydrogens is 374 g/mol. The second-order valence-corrected chi connectivity index (χ2v) is 7.08. The van der Waals surface area contributed by atoms with Crippen molar-refractivity contribution in [2.45, 2.75) is 11.4 Å². The topological polar surface area (TPSA) is 117 Å². The molecule has 2 atom stereocenters. The molecule has 1 aromatic rings. The van der Waals surface area contributed by atoms with Gasteiger partial charge in [0.2, 0.25) is 0 Å². The van der Waals surface area contributed by atoms with Crippen LogP contribution in [0.5, 0.6) is 0 Å². The Labute approximate surface area is 157 Å². The van der Waals surface area contributed by atoms with Crippen LogP contribution >= 0.6 is 11.8 Å². The SMILES string of the molecule is CON=CC1=C(C(=O)O)N2C(=O)[C@@H](N3C(=O)c4ccccc4C3=O)[C@@H]2SC1. The van der Waals surface area contributed by atoms with Gasteiger partial charge in [0.25, 0.3) is 17.7 Å². The molecule has 9 nitrogen and oxygen atoms in total. The molecule has 4 rings (SSSR count). The van der Waals surface area contributed by atoms with Crippen molar-refractivity contribution in [3.8, 4) is 0 Å². The zero-order chi connectivity index (χ0) is 19.3. The Balaban J connectivity index is 1.68. The number of carbonyl (C=O) groups is 4. The van der Waals surface area contributed by atoms with Gasteiger partial charge in [-0.1, -0.05) is 17.3 Å². The van der Waals surface area contributed by atoms with E-state index in [4.69, 9.17) is 0 Å². The summed E-state index contributed by atoms with van der Waals surface area (Å²) in [4.78, 5) is 56.3. The maximum absolute atomic E-state index is 12.8. The molecule has 1 saturated heterocycles. The first kappa shape index (κ1) is 17.3. The molecular formula is C17H13N3O6S. The summed E-state index contributed by atoms with van der Waals surface area (Å²) in [7, 11) is 1.32. The normalized spacial score (nSPS) is 24.3. The van der Waals surface area contributed by atoms with E-state index >= 15 is 0 Å². The molecule has 3 aliphatic heterocycles. The van der Waals surface area contributed by atoms with Crippen molar-refractivity contribution >= 4 is 41.7 Å². The van der Waals surface area contributed by atoms with Crippen LogP contribution in [0.15, 0.2) is 40.7 Å². The molecule has 3 heterocycles. The van der Waals surface area contributed by atoms with Crippen molar-refractivity contribution in [1.82, 2.24) is 9.80 Å². The highest BCUT2D eigenvalue weighted by Crippen LogP contribution is 2.43. The average molecular weight is 387 g/mol. The molecule has 0 aliphatic carbocycles. The van der Waals surface area contributed by atoms with Crippen molar-refractivity contribution < 1.29 is 29.1 Å². The molecule has 0 radical (unpaired) electrons. The maximum atomic E-state index is 12.8. The van der Waals surface area contributed by atoms with E-state index in [0.29, 0.717) is 5.57 Å². The summed E-state index contributed by atoms with van der Waals surface area (Å²) in [6.45, 7) is 0. The number of fused-ring (bicyclic) bond motifs is 2. The summed E-state index contributed by atoms with van der Waals surface area (Å²) >= 11 is 1.27. The highest BCUT2D eigenvalue weighted by atomic mass is 32.2. The number of thioether (sulfide) groups is 1. The number of hydrogen-bond donors (Lipinski definition) is 1. The number of amides is 3. The summed E-state index contributed by atoms with van der Waals surface area (Å²) in [5.74, 6) is -2.72. The van der Waals surface area contributed by atoms with Crippen LogP contribution in [0.2, 0.25) is 0 Å². The van der Waals surface area contributed by atoms with Crippen molar-refractivity contribution in [2.24, 2.45) is 5.16 Å². The molecule has 0 aromatic heterocycles. The van der Waals surface area contributed by atoms with Gasteiger partial charge in [0, 0.05) is 11.3 Å². The minimum Gasteiger partial charge on any atom is -0.477 e. The number of β-lactam (4-membered cyclic amide) rings is 1. The van der Waals surface area contributed by atoms with Gasteiger partial charge in [-0.15, -0.1) is 11.8 Å². The number of imide groups is 1. The van der Waals surface area contributed by atoms with Crippen LogP contribution < -0.4 is 0 Å².